The number of hydrogen-bond acceptors (Lipinski definition) is 3. The zero-order chi connectivity index (χ0) is 14.7. The molecular weight excluding hydrogens is 289 g/mol. The van der Waals surface area contributed by atoms with Gasteiger partial charge >= 0.3 is 0 Å². The second kappa shape index (κ2) is 6.31. The molecule has 5 heteroatoms. The van der Waals surface area contributed by atoms with E-state index in [4.69, 9.17) is 11.6 Å². The summed E-state index contributed by atoms with van der Waals surface area (Å²) in [4.78, 5) is 6.74. The molecule has 0 unspecified atom stereocenters. The molecule has 1 saturated heterocycles. The summed E-state index contributed by atoms with van der Waals surface area (Å²) in [6.07, 6.45) is 4.26. The van der Waals surface area contributed by atoms with E-state index in [-0.39, 0.29) is 5.82 Å². The first-order valence-electron chi connectivity index (χ1n) is 7.11. The van der Waals surface area contributed by atoms with E-state index in [1.54, 1.807) is 18.3 Å². The standard InChI is InChI=1S/C16H17ClFN3/c17-13-4-3-12(15(18)9-13)10-19-14-5-6-16(20-11-14)21-7-1-2-8-21/h3-6,9,11,19H,1-2,7-8,10H2. The summed E-state index contributed by atoms with van der Waals surface area (Å²) in [6.45, 7) is 2.57. The van der Waals surface area contributed by atoms with Crippen LogP contribution in [0.4, 0.5) is 15.9 Å². The number of hydrogen-bond donors (Lipinski definition) is 1. The summed E-state index contributed by atoms with van der Waals surface area (Å²) >= 11 is 5.74. The normalized spacial score (nSPS) is 14.5. The van der Waals surface area contributed by atoms with Crippen molar-refractivity contribution in [3.05, 3.63) is 52.9 Å². The van der Waals surface area contributed by atoms with Gasteiger partial charge in [-0.25, -0.2) is 9.37 Å². The van der Waals surface area contributed by atoms with Crippen molar-refractivity contribution in [1.82, 2.24) is 4.98 Å². The quantitative estimate of drug-likeness (QED) is 0.922. The van der Waals surface area contributed by atoms with Crippen molar-refractivity contribution in [2.24, 2.45) is 0 Å². The van der Waals surface area contributed by atoms with E-state index in [1.165, 1.54) is 18.9 Å². The minimum atomic E-state index is -0.295. The van der Waals surface area contributed by atoms with Crippen LogP contribution in [-0.2, 0) is 6.54 Å². The SMILES string of the molecule is Fc1cc(Cl)ccc1CNc1ccc(N2CCCC2)nc1. The lowest BCUT2D eigenvalue weighted by Gasteiger charge is -2.16. The first kappa shape index (κ1) is 14.1. The highest BCUT2D eigenvalue weighted by atomic mass is 35.5. The number of rotatable bonds is 4. The van der Waals surface area contributed by atoms with E-state index >= 15 is 0 Å². The van der Waals surface area contributed by atoms with Gasteiger partial charge in [0.25, 0.3) is 0 Å². The summed E-state index contributed by atoms with van der Waals surface area (Å²) in [5, 5.41) is 3.59. The molecule has 2 heterocycles. The highest BCUT2D eigenvalue weighted by molar-refractivity contribution is 6.30. The van der Waals surface area contributed by atoms with Gasteiger partial charge in [-0.2, -0.15) is 0 Å². The summed E-state index contributed by atoms with van der Waals surface area (Å²) in [6, 6.07) is 8.70. The molecule has 1 aromatic carbocycles. The van der Waals surface area contributed by atoms with E-state index in [1.807, 2.05) is 12.1 Å². The van der Waals surface area contributed by atoms with Gasteiger partial charge in [0, 0.05) is 30.2 Å². The van der Waals surface area contributed by atoms with E-state index in [0.717, 1.165) is 24.6 Å². The number of nitrogens with one attached hydrogen (secondary N) is 1. The van der Waals surface area contributed by atoms with Crippen molar-refractivity contribution in [1.29, 1.82) is 0 Å². The fourth-order valence-corrected chi connectivity index (χ4v) is 2.65. The molecule has 0 spiro atoms. The van der Waals surface area contributed by atoms with Crippen LogP contribution in [0.15, 0.2) is 36.5 Å². The van der Waals surface area contributed by atoms with Crippen LogP contribution in [0.25, 0.3) is 0 Å². The molecule has 0 amide bonds. The lowest BCUT2D eigenvalue weighted by molar-refractivity contribution is 0.613. The molecular formula is C16H17ClFN3. The Morgan fingerprint density at radius 3 is 2.67 bits per heavy atom. The second-order valence-electron chi connectivity index (χ2n) is 5.19. The molecule has 1 aromatic heterocycles. The number of benzene rings is 1. The number of halogens is 2. The van der Waals surface area contributed by atoms with Crippen molar-refractivity contribution < 1.29 is 4.39 Å². The van der Waals surface area contributed by atoms with Crippen LogP contribution in [0, 0.1) is 5.82 Å². The van der Waals surface area contributed by atoms with Gasteiger partial charge in [0.1, 0.15) is 11.6 Å². The topological polar surface area (TPSA) is 28.2 Å². The summed E-state index contributed by atoms with van der Waals surface area (Å²) in [7, 11) is 0. The monoisotopic (exact) mass is 305 g/mol. The maximum atomic E-state index is 13.7. The molecule has 0 radical (unpaired) electrons. The third kappa shape index (κ3) is 3.45. The van der Waals surface area contributed by atoms with Gasteiger partial charge < -0.3 is 10.2 Å². The average molecular weight is 306 g/mol. The fourth-order valence-electron chi connectivity index (χ4n) is 2.49. The van der Waals surface area contributed by atoms with Gasteiger partial charge in [0.2, 0.25) is 0 Å². The van der Waals surface area contributed by atoms with E-state index in [2.05, 4.69) is 15.2 Å². The first-order valence-corrected chi connectivity index (χ1v) is 7.49. The number of pyridine rings is 1. The zero-order valence-electron chi connectivity index (χ0n) is 11.6. The summed E-state index contributed by atoms with van der Waals surface area (Å²) in [5.74, 6) is 0.715. The average Bonchev–Trinajstić information content (AvgIpc) is 3.01. The fraction of sp³-hybridized carbons (Fsp3) is 0.312. The van der Waals surface area contributed by atoms with Crippen LogP contribution in [0.1, 0.15) is 18.4 Å². The van der Waals surface area contributed by atoms with Crippen molar-refractivity contribution in [2.45, 2.75) is 19.4 Å². The Labute approximate surface area is 128 Å². The number of nitrogens with zero attached hydrogens (tertiary/aromatic N) is 2. The van der Waals surface area contributed by atoms with Crippen molar-refractivity contribution in [3.63, 3.8) is 0 Å². The van der Waals surface area contributed by atoms with Gasteiger partial charge in [-0.1, -0.05) is 17.7 Å². The van der Waals surface area contributed by atoms with Crippen LogP contribution in [0.5, 0.6) is 0 Å². The van der Waals surface area contributed by atoms with Crippen LogP contribution in [0.3, 0.4) is 0 Å². The van der Waals surface area contributed by atoms with Crippen LogP contribution < -0.4 is 10.2 Å². The second-order valence-corrected chi connectivity index (χ2v) is 5.62. The smallest absolute Gasteiger partial charge is 0.129 e. The molecule has 1 N–H and O–H groups in total. The third-order valence-corrected chi connectivity index (χ3v) is 3.91. The van der Waals surface area contributed by atoms with Crippen LogP contribution in [0.2, 0.25) is 5.02 Å². The molecule has 1 fully saturated rings. The van der Waals surface area contributed by atoms with Crippen LogP contribution >= 0.6 is 11.6 Å². The minimum Gasteiger partial charge on any atom is -0.380 e. The third-order valence-electron chi connectivity index (χ3n) is 3.68. The molecule has 0 saturated carbocycles. The summed E-state index contributed by atoms with van der Waals surface area (Å²) < 4.78 is 13.7. The lowest BCUT2D eigenvalue weighted by Crippen LogP contribution is -2.18. The lowest BCUT2D eigenvalue weighted by atomic mass is 10.2. The van der Waals surface area contributed by atoms with E-state index in [9.17, 15) is 4.39 Å². The minimum absolute atomic E-state index is 0.295. The largest absolute Gasteiger partial charge is 0.380 e. The molecule has 3 rings (SSSR count). The molecule has 2 aromatic rings. The molecule has 0 aliphatic carbocycles. The van der Waals surface area contributed by atoms with E-state index in [0.29, 0.717) is 17.1 Å². The number of anilines is 2. The van der Waals surface area contributed by atoms with Crippen molar-refractivity contribution in [2.75, 3.05) is 23.3 Å². The van der Waals surface area contributed by atoms with Gasteiger partial charge in [-0.3, -0.25) is 0 Å². The Morgan fingerprint density at radius 2 is 2.00 bits per heavy atom. The molecule has 1 aliphatic rings. The molecule has 0 atom stereocenters. The summed E-state index contributed by atoms with van der Waals surface area (Å²) in [5.41, 5.74) is 1.47. The molecule has 1 aliphatic heterocycles. The highest BCUT2D eigenvalue weighted by Crippen LogP contribution is 2.20. The number of aromatic nitrogens is 1. The van der Waals surface area contributed by atoms with Crippen molar-refractivity contribution in [3.8, 4) is 0 Å². The van der Waals surface area contributed by atoms with Gasteiger partial charge in [0.15, 0.2) is 0 Å². The Kier molecular flexibility index (Phi) is 4.25. The molecule has 21 heavy (non-hydrogen) atoms. The maximum Gasteiger partial charge on any atom is 0.129 e. The maximum absolute atomic E-state index is 13.7. The molecule has 3 nitrogen and oxygen atoms in total. The Balaban J connectivity index is 1.62. The first-order chi connectivity index (χ1) is 10.2. The Morgan fingerprint density at radius 1 is 1.19 bits per heavy atom. The van der Waals surface area contributed by atoms with Gasteiger partial charge in [-0.05, 0) is 37.1 Å². The molecule has 0 bridgehead atoms. The van der Waals surface area contributed by atoms with Gasteiger partial charge in [0.05, 0.1) is 11.9 Å². The zero-order valence-corrected chi connectivity index (χ0v) is 12.4. The Bertz CT molecular complexity index is 609. The van der Waals surface area contributed by atoms with Crippen LogP contribution in [-0.4, -0.2) is 18.1 Å². The highest BCUT2D eigenvalue weighted by Gasteiger charge is 2.12. The predicted octanol–water partition coefficient (Wildman–Crippen LogP) is 4.09. The van der Waals surface area contributed by atoms with Gasteiger partial charge in [-0.15, -0.1) is 0 Å². The Hall–Kier alpha value is -1.81. The van der Waals surface area contributed by atoms with Crippen molar-refractivity contribution >= 4 is 23.1 Å². The predicted molar refractivity (Wildman–Crippen MR) is 84.4 cm³/mol. The van der Waals surface area contributed by atoms with E-state index < -0.39 is 0 Å². The molecule has 110 valence electrons.